The smallest absolute Gasteiger partial charge is 0.303 e. The minimum atomic E-state index is -0.844. The quantitative estimate of drug-likeness (QED) is 0.890. The van der Waals surface area contributed by atoms with E-state index in [-0.39, 0.29) is 24.2 Å². The predicted octanol–water partition coefficient (Wildman–Crippen LogP) is 3.18. The number of piperidine rings is 1. The minimum absolute atomic E-state index is 0.0547. The number of aliphatic carboxylic acids is 1. The van der Waals surface area contributed by atoms with E-state index in [2.05, 4.69) is 5.10 Å². The summed E-state index contributed by atoms with van der Waals surface area (Å²) in [5.74, 6) is -1.29. The molecule has 0 unspecified atom stereocenters. The third kappa shape index (κ3) is 3.76. The third-order valence-corrected chi connectivity index (χ3v) is 4.89. The number of nitrogens with zero attached hydrogens (tertiary/aromatic N) is 3. The number of amides is 1. The van der Waals surface area contributed by atoms with Gasteiger partial charge in [-0.1, -0.05) is 0 Å². The molecule has 1 aliphatic rings. The van der Waals surface area contributed by atoms with Gasteiger partial charge >= 0.3 is 5.97 Å². The van der Waals surface area contributed by atoms with Crippen LogP contribution in [0.3, 0.4) is 0 Å². The summed E-state index contributed by atoms with van der Waals surface area (Å²) in [5, 5.41) is 13.2. The molecule has 0 spiro atoms. The van der Waals surface area contributed by atoms with Gasteiger partial charge in [-0.25, -0.2) is 9.07 Å². The SMILES string of the molecule is Cc1c(C(=O)N2CCCC[C@@H]2CCC(=O)O)cnn1-c1ccc(F)cc1. The van der Waals surface area contributed by atoms with Crippen molar-refractivity contribution in [1.82, 2.24) is 14.7 Å². The van der Waals surface area contributed by atoms with E-state index in [0.29, 0.717) is 29.9 Å². The Balaban J connectivity index is 1.82. The topological polar surface area (TPSA) is 75.4 Å². The van der Waals surface area contributed by atoms with E-state index < -0.39 is 5.97 Å². The third-order valence-electron chi connectivity index (χ3n) is 4.89. The largest absolute Gasteiger partial charge is 0.481 e. The normalized spacial score (nSPS) is 17.3. The van der Waals surface area contributed by atoms with E-state index in [1.54, 1.807) is 28.6 Å². The second-order valence-corrected chi connectivity index (χ2v) is 6.61. The molecular formula is C19H22FN3O3. The summed E-state index contributed by atoms with van der Waals surface area (Å²) in [5.41, 5.74) is 1.87. The fourth-order valence-corrected chi connectivity index (χ4v) is 3.48. The van der Waals surface area contributed by atoms with Crippen molar-refractivity contribution in [1.29, 1.82) is 0 Å². The van der Waals surface area contributed by atoms with Gasteiger partial charge in [-0.3, -0.25) is 9.59 Å². The molecule has 1 atom stereocenters. The van der Waals surface area contributed by atoms with Gasteiger partial charge in [-0.15, -0.1) is 0 Å². The standard InChI is InChI=1S/C19H22FN3O3/c1-13-17(12-21-23(13)16-7-5-14(20)6-8-16)19(26)22-11-3-2-4-15(22)9-10-18(24)25/h5-8,12,15H,2-4,9-11H2,1H3,(H,24,25)/t15-/m1/s1. The molecular weight excluding hydrogens is 337 g/mol. The van der Waals surface area contributed by atoms with Crippen LogP contribution < -0.4 is 0 Å². The van der Waals surface area contributed by atoms with E-state index >= 15 is 0 Å². The number of halogens is 1. The van der Waals surface area contributed by atoms with Gasteiger partial charge < -0.3 is 10.0 Å². The van der Waals surface area contributed by atoms with Crippen molar-refractivity contribution < 1.29 is 19.1 Å². The zero-order valence-corrected chi connectivity index (χ0v) is 14.7. The molecule has 1 N–H and O–H groups in total. The number of carbonyl (C=O) groups is 2. The fraction of sp³-hybridized carbons (Fsp3) is 0.421. The Morgan fingerprint density at radius 1 is 1.27 bits per heavy atom. The second kappa shape index (κ2) is 7.68. The number of carboxylic acid groups (broad SMARTS) is 1. The molecule has 6 nitrogen and oxygen atoms in total. The van der Waals surface area contributed by atoms with Gasteiger partial charge in [0.15, 0.2) is 0 Å². The molecule has 1 saturated heterocycles. The number of aromatic nitrogens is 2. The molecule has 0 aliphatic carbocycles. The average Bonchev–Trinajstić information content (AvgIpc) is 3.02. The monoisotopic (exact) mass is 359 g/mol. The van der Waals surface area contributed by atoms with Crippen molar-refractivity contribution in [3.05, 3.63) is 47.5 Å². The number of rotatable bonds is 5. The van der Waals surface area contributed by atoms with Crippen molar-refractivity contribution in [2.24, 2.45) is 0 Å². The molecule has 138 valence electrons. The maximum atomic E-state index is 13.1. The van der Waals surface area contributed by atoms with Crippen LogP contribution in [0.2, 0.25) is 0 Å². The molecule has 1 aliphatic heterocycles. The molecule has 0 radical (unpaired) electrons. The number of hydrogen-bond acceptors (Lipinski definition) is 3. The maximum absolute atomic E-state index is 13.1. The second-order valence-electron chi connectivity index (χ2n) is 6.61. The Bertz CT molecular complexity index is 801. The lowest BCUT2D eigenvalue weighted by Gasteiger charge is -2.35. The van der Waals surface area contributed by atoms with Gasteiger partial charge in [-0.05, 0) is 56.9 Å². The van der Waals surface area contributed by atoms with Crippen LogP contribution in [0.15, 0.2) is 30.5 Å². The number of benzene rings is 1. The zero-order chi connectivity index (χ0) is 18.7. The fourth-order valence-electron chi connectivity index (χ4n) is 3.48. The molecule has 26 heavy (non-hydrogen) atoms. The highest BCUT2D eigenvalue weighted by molar-refractivity contribution is 5.95. The van der Waals surface area contributed by atoms with Gasteiger partial charge in [0.2, 0.25) is 0 Å². The van der Waals surface area contributed by atoms with Crippen LogP contribution in [-0.2, 0) is 4.79 Å². The van der Waals surface area contributed by atoms with Crippen LogP contribution in [0.4, 0.5) is 4.39 Å². The summed E-state index contributed by atoms with van der Waals surface area (Å²) < 4.78 is 14.7. The van der Waals surface area contributed by atoms with Gasteiger partial charge in [-0.2, -0.15) is 5.10 Å². The van der Waals surface area contributed by atoms with Gasteiger partial charge in [0.25, 0.3) is 5.91 Å². The molecule has 0 saturated carbocycles. The van der Waals surface area contributed by atoms with E-state index in [1.165, 1.54) is 18.3 Å². The van der Waals surface area contributed by atoms with Crippen molar-refractivity contribution in [3.8, 4) is 5.69 Å². The highest BCUT2D eigenvalue weighted by atomic mass is 19.1. The first kappa shape index (κ1) is 18.1. The summed E-state index contributed by atoms with van der Waals surface area (Å²) in [6.07, 6.45) is 4.80. The molecule has 2 heterocycles. The summed E-state index contributed by atoms with van der Waals surface area (Å²) in [6, 6.07) is 5.87. The lowest BCUT2D eigenvalue weighted by molar-refractivity contribution is -0.137. The van der Waals surface area contributed by atoms with E-state index in [1.807, 2.05) is 0 Å². The van der Waals surface area contributed by atoms with Gasteiger partial charge in [0.1, 0.15) is 5.82 Å². The summed E-state index contributed by atoms with van der Waals surface area (Å²) in [4.78, 5) is 25.7. The van der Waals surface area contributed by atoms with Crippen LogP contribution >= 0.6 is 0 Å². The van der Waals surface area contributed by atoms with Gasteiger partial charge in [0, 0.05) is 19.0 Å². The molecule has 1 aromatic heterocycles. The molecule has 7 heteroatoms. The molecule has 2 aromatic rings. The van der Waals surface area contributed by atoms with Crippen LogP contribution in [0.1, 0.15) is 48.2 Å². The van der Waals surface area contributed by atoms with E-state index in [9.17, 15) is 14.0 Å². The Kier molecular flexibility index (Phi) is 5.35. The first-order valence-corrected chi connectivity index (χ1v) is 8.80. The summed E-state index contributed by atoms with van der Waals surface area (Å²) in [6.45, 7) is 2.43. The number of hydrogen-bond donors (Lipinski definition) is 1. The molecule has 0 bridgehead atoms. The minimum Gasteiger partial charge on any atom is -0.481 e. The average molecular weight is 359 g/mol. The Labute approximate surface area is 151 Å². The molecule has 3 rings (SSSR count). The maximum Gasteiger partial charge on any atom is 0.303 e. The Hall–Kier alpha value is -2.70. The first-order valence-electron chi connectivity index (χ1n) is 8.80. The Morgan fingerprint density at radius 2 is 2.00 bits per heavy atom. The van der Waals surface area contributed by atoms with Crippen molar-refractivity contribution >= 4 is 11.9 Å². The van der Waals surface area contributed by atoms with Crippen molar-refractivity contribution in [2.75, 3.05) is 6.54 Å². The summed E-state index contributed by atoms with van der Waals surface area (Å²) in [7, 11) is 0. The number of likely N-dealkylation sites (tertiary alicyclic amines) is 1. The molecule has 1 aromatic carbocycles. The van der Waals surface area contributed by atoms with Crippen LogP contribution in [0.5, 0.6) is 0 Å². The lowest BCUT2D eigenvalue weighted by Crippen LogP contribution is -2.44. The Morgan fingerprint density at radius 3 is 2.69 bits per heavy atom. The number of carboxylic acids is 1. The van der Waals surface area contributed by atoms with E-state index in [4.69, 9.17) is 5.11 Å². The highest BCUT2D eigenvalue weighted by Crippen LogP contribution is 2.25. The molecule has 1 fully saturated rings. The number of carbonyl (C=O) groups excluding carboxylic acids is 1. The highest BCUT2D eigenvalue weighted by Gasteiger charge is 2.29. The van der Waals surface area contributed by atoms with Crippen LogP contribution in [0, 0.1) is 12.7 Å². The van der Waals surface area contributed by atoms with Crippen LogP contribution in [0.25, 0.3) is 5.69 Å². The van der Waals surface area contributed by atoms with Gasteiger partial charge in [0.05, 0.1) is 23.1 Å². The predicted molar refractivity (Wildman–Crippen MR) is 93.8 cm³/mol. The van der Waals surface area contributed by atoms with Crippen molar-refractivity contribution in [3.63, 3.8) is 0 Å². The first-order chi connectivity index (χ1) is 12.5. The van der Waals surface area contributed by atoms with Crippen LogP contribution in [-0.4, -0.2) is 44.3 Å². The summed E-state index contributed by atoms with van der Waals surface area (Å²) >= 11 is 0. The van der Waals surface area contributed by atoms with Crippen molar-refractivity contribution in [2.45, 2.75) is 45.1 Å². The molecule has 1 amide bonds. The van der Waals surface area contributed by atoms with E-state index in [0.717, 1.165) is 19.3 Å². The lowest BCUT2D eigenvalue weighted by atomic mass is 9.97. The zero-order valence-electron chi connectivity index (χ0n) is 14.7.